The molecule has 1 aliphatic heterocycles. The molecule has 0 aromatic heterocycles. The Balaban J connectivity index is 2.58. The average molecular weight is 257 g/mol. The van der Waals surface area contributed by atoms with Crippen molar-refractivity contribution in [1.29, 1.82) is 0 Å². The van der Waals surface area contributed by atoms with E-state index in [1.54, 1.807) is 13.8 Å². The number of nitrogens with one attached hydrogen (secondary N) is 2. The van der Waals surface area contributed by atoms with Gasteiger partial charge in [-0.25, -0.2) is 9.59 Å². The van der Waals surface area contributed by atoms with Crippen LogP contribution < -0.4 is 10.6 Å². The molecule has 1 unspecified atom stereocenters. The minimum atomic E-state index is -1.05. The Morgan fingerprint density at radius 3 is 2.61 bits per heavy atom. The molecule has 1 fully saturated rings. The first-order valence-corrected chi connectivity index (χ1v) is 5.96. The van der Waals surface area contributed by atoms with Gasteiger partial charge in [0, 0.05) is 26.1 Å². The van der Waals surface area contributed by atoms with Gasteiger partial charge in [0.1, 0.15) is 6.04 Å². The lowest BCUT2D eigenvalue weighted by Gasteiger charge is -2.24. The van der Waals surface area contributed by atoms with Gasteiger partial charge in [-0.2, -0.15) is 0 Å². The lowest BCUT2D eigenvalue weighted by atomic mass is 10.1. The quantitative estimate of drug-likeness (QED) is 0.642. The molecule has 102 valence electrons. The van der Waals surface area contributed by atoms with E-state index in [2.05, 4.69) is 10.6 Å². The molecule has 1 atom stereocenters. The summed E-state index contributed by atoms with van der Waals surface area (Å²) >= 11 is 0. The molecular weight excluding hydrogens is 238 g/mol. The molecule has 0 saturated carbocycles. The van der Waals surface area contributed by atoms with Gasteiger partial charge in [-0.1, -0.05) is 13.8 Å². The molecule has 0 radical (unpaired) electrons. The minimum absolute atomic E-state index is 0.0936. The van der Waals surface area contributed by atoms with Crippen molar-refractivity contribution in [3.63, 3.8) is 0 Å². The van der Waals surface area contributed by atoms with Crippen molar-refractivity contribution in [3.05, 3.63) is 0 Å². The van der Waals surface area contributed by atoms with Gasteiger partial charge in [0.25, 0.3) is 0 Å². The number of carbonyl (C=O) groups excluding carboxylic acids is 2. The van der Waals surface area contributed by atoms with E-state index in [9.17, 15) is 14.4 Å². The molecule has 1 rings (SSSR count). The molecule has 0 spiro atoms. The van der Waals surface area contributed by atoms with Crippen molar-refractivity contribution in [1.82, 2.24) is 15.5 Å². The first-order valence-electron chi connectivity index (χ1n) is 5.96. The van der Waals surface area contributed by atoms with E-state index in [1.807, 2.05) is 0 Å². The number of urea groups is 1. The molecule has 18 heavy (non-hydrogen) atoms. The number of carboxylic acids is 1. The summed E-state index contributed by atoms with van der Waals surface area (Å²) in [6.45, 7) is 4.55. The van der Waals surface area contributed by atoms with E-state index < -0.39 is 18.0 Å². The number of hydrogen-bond acceptors (Lipinski definition) is 3. The smallest absolute Gasteiger partial charge is 0.326 e. The largest absolute Gasteiger partial charge is 0.480 e. The lowest BCUT2D eigenvalue weighted by molar-refractivity contribution is -0.140. The van der Waals surface area contributed by atoms with Gasteiger partial charge in [0.2, 0.25) is 5.91 Å². The molecule has 7 nitrogen and oxygen atoms in total. The van der Waals surface area contributed by atoms with Gasteiger partial charge in [-0.15, -0.1) is 0 Å². The maximum atomic E-state index is 11.9. The van der Waals surface area contributed by atoms with Crippen LogP contribution in [0.2, 0.25) is 0 Å². The van der Waals surface area contributed by atoms with Crippen LogP contribution in [-0.4, -0.2) is 53.6 Å². The molecule has 0 aromatic rings. The van der Waals surface area contributed by atoms with Crippen LogP contribution in [0, 0.1) is 5.92 Å². The summed E-state index contributed by atoms with van der Waals surface area (Å²) < 4.78 is 0. The summed E-state index contributed by atoms with van der Waals surface area (Å²) in [6, 6.07) is -1.35. The molecule has 0 aliphatic carbocycles. The van der Waals surface area contributed by atoms with Crippen molar-refractivity contribution in [2.45, 2.75) is 26.3 Å². The summed E-state index contributed by atoms with van der Waals surface area (Å²) in [5.74, 6) is -1.34. The van der Waals surface area contributed by atoms with Gasteiger partial charge < -0.3 is 20.6 Å². The Labute approximate surface area is 106 Å². The molecule has 3 amide bonds. The highest BCUT2D eigenvalue weighted by atomic mass is 16.4. The molecule has 1 saturated heterocycles. The normalized spacial score (nSPS) is 17.9. The molecule has 1 aliphatic rings. The first kappa shape index (κ1) is 14.3. The Hall–Kier alpha value is -1.79. The number of carboxylic acid groups (broad SMARTS) is 1. The predicted octanol–water partition coefficient (Wildman–Crippen LogP) is -0.373. The number of amides is 3. The molecule has 0 aromatic carbocycles. The number of aliphatic carboxylic acids is 1. The second-order valence-corrected chi connectivity index (χ2v) is 4.60. The summed E-state index contributed by atoms with van der Waals surface area (Å²) in [6.07, 6.45) is 0.243. The van der Waals surface area contributed by atoms with Gasteiger partial charge in [0.05, 0.1) is 0 Å². The lowest BCUT2D eigenvalue weighted by Crippen LogP contribution is -2.50. The zero-order chi connectivity index (χ0) is 13.7. The summed E-state index contributed by atoms with van der Waals surface area (Å²) in [5, 5.41) is 14.1. The second-order valence-electron chi connectivity index (χ2n) is 4.60. The third-order valence-corrected chi connectivity index (χ3v) is 2.81. The standard InChI is InChI=1S/C11H19N3O4/c1-7(2)9(10(16)17)13-11(18)14-5-3-8(15)12-4-6-14/h7,9H,3-6H2,1-2H3,(H,12,15)(H,13,18)(H,16,17). The van der Waals surface area contributed by atoms with Gasteiger partial charge in [0.15, 0.2) is 0 Å². The Bertz CT molecular complexity index is 343. The van der Waals surface area contributed by atoms with E-state index in [-0.39, 0.29) is 18.2 Å². The van der Waals surface area contributed by atoms with Gasteiger partial charge in [-0.3, -0.25) is 4.79 Å². The molecule has 3 N–H and O–H groups in total. The first-order chi connectivity index (χ1) is 8.41. The van der Waals surface area contributed by atoms with Crippen LogP contribution in [0.25, 0.3) is 0 Å². The topological polar surface area (TPSA) is 98.7 Å². The van der Waals surface area contributed by atoms with E-state index in [4.69, 9.17) is 5.11 Å². The van der Waals surface area contributed by atoms with Crippen LogP contribution in [-0.2, 0) is 9.59 Å². The minimum Gasteiger partial charge on any atom is -0.480 e. The second kappa shape index (κ2) is 6.23. The van der Waals surface area contributed by atoms with Crippen molar-refractivity contribution >= 4 is 17.9 Å². The van der Waals surface area contributed by atoms with E-state index in [0.717, 1.165) is 0 Å². The third kappa shape index (κ3) is 3.90. The highest BCUT2D eigenvalue weighted by Gasteiger charge is 2.26. The Kier molecular flexibility index (Phi) is 4.94. The van der Waals surface area contributed by atoms with Crippen LogP contribution >= 0.6 is 0 Å². The predicted molar refractivity (Wildman–Crippen MR) is 64.0 cm³/mol. The molecule has 1 heterocycles. The van der Waals surface area contributed by atoms with Crippen LogP contribution in [0.5, 0.6) is 0 Å². The summed E-state index contributed by atoms with van der Waals surface area (Å²) in [4.78, 5) is 35.4. The van der Waals surface area contributed by atoms with E-state index in [0.29, 0.717) is 19.6 Å². The highest BCUT2D eigenvalue weighted by Crippen LogP contribution is 2.04. The van der Waals surface area contributed by atoms with Crippen LogP contribution in [0.4, 0.5) is 4.79 Å². The monoisotopic (exact) mass is 257 g/mol. The van der Waals surface area contributed by atoms with E-state index in [1.165, 1.54) is 4.90 Å². The molecule has 7 heteroatoms. The average Bonchev–Trinajstić information content (AvgIpc) is 2.49. The van der Waals surface area contributed by atoms with E-state index >= 15 is 0 Å². The third-order valence-electron chi connectivity index (χ3n) is 2.81. The fourth-order valence-electron chi connectivity index (χ4n) is 1.71. The van der Waals surface area contributed by atoms with Crippen molar-refractivity contribution in [2.75, 3.05) is 19.6 Å². The Morgan fingerprint density at radius 2 is 2.06 bits per heavy atom. The molecular formula is C11H19N3O4. The van der Waals surface area contributed by atoms with Crippen LogP contribution in [0.15, 0.2) is 0 Å². The maximum absolute atomic E-state index is 11.9. The summed E-state index contributed by atoms with van der Waals surface area (Å²) in [7, 11) is 0. The van der Waals surface area contributed by atoms with Crippen molar-refractivity contribution < 1.29 is 19.5 Å². The number of nitrogens with zero attached hydrogens (tertiary/aromatic N) is 1. The van der Waals surface area contributed by atoms with Crippen LogP contribution in [0.3, 0.4) is 0 Å². The van der Waals surface area contributed by atoms with Crippen molar-refractivity contribution in [3.8, 4) is 0 Å². The zero-order valence-electron chi connectivity index (χ0n) is 10.6. The highest BCUT2D eigenvalue weighted by molar-refractivity contribution is 5.83. The molecule has 0 bridgehead atoms. The fraction of sp³-hybridized carbons (Fsp3) is 0.727. The Morgan fingerprint density at radius 1 is 1.39 bits per heavy atom. The summed E-state index contributed by atoms with van der Waals surface area (Å²) in [5.41, 5.74) is 0. The zero-order valence-corrected chi connectivity index (χ0v) is 10.6. The number of hydrogen-bond donors (Lipinski definition) is 3. The fourth-order valence-corrected chi connectivity index (χ4v) is 1.71. The van der Waals surface area contributed by atoms with Crippen molar-refractivity contribution in [2.24, 2.45) is 5.92 Å². The van der Waals surface area contributed by atoms with Gasteiger partial charge >= 0.3 is 12.0 Å². The maximum Gasteiger partial charge on any atom is 0.326 e. The number of carbonyl (C=O) groups is 3. The van der Waals surface area contributed by atoms with Crippen LogP contribution in [0.1, 0.15) is 20.3 Å². The SMILES string of the molecule is CC(C)C(NC(=O)N1CCNC(=O)CC1)C(=O)O. The van der Waals surface area contributed by atoms with Gasteiger partial charge in [-0.05, 0) is 5.92 Å². The number of rotatable bonds is 3.